The van der Waals surface area contributed by atoms with E-state index in [1.54, 1.807) is 0 Å². The zero-order chi connectivity index (χ0) is 21.7. The number of nitrogens with one attached hydrogen (secondary N) is 3. The second kappa shape index (κ2) is 13.8. The number of thioether (sulfide) groups is 1. The maximum Gasteiger partial charge on any atom is 0.326 e. The average Bonchev–Trinajstić information content (AvgIpc) is 2.60. The number of rotatable bonds is 15. The molecule has 0 saturated heterocycles. The quantitative estimate of drug-likeness (QED) is 0.228. The van der Waals surface area contributed by atoms with Gasteiger partial charge in [0.2, 0.25) is 18.2 Å². The largest absolute Gasteiger partial charge is 0.481 e. The van der Waals surface area contributed by atoms with Crippen LogP contribution >= 0.6 is 11.8 Å². The molecule has 0 radical (unpaired) electrons. The lowest BCUT2D eigenvalue weighted by atomic mass is 10.0. The first kappa shape index (κ1) is 25.7. The minimum absolute atomic E-state index is 0.0158. The molecule has 5 N–H and O–H groups in total. The van der Waals surface area contributed by atoms with Gasteiger partial charge in [-0.05, 0) is 37.2 Å². The SMILES string of the molecule is CSCC[C@H](NC=O)C(=O)N[C@@H](CC(C)C)C(=O)N[C@@H](CCC(=O)O)C(=O)O. The second-order valence-corrected chi connectivity index (χ2v) is 7.63. The number of aliphatic carboxylic acids is 2. The van der Waals surface area contributed by atoms with Crippen LogP contribution in [-0.4, -0.2) is 70.5 Å². The van der Waals surface area contributed by atoms with Gasteiger partial charge in [0, 0.05) is 6.42 Å². The standard InChI is InChI=1S/C17H29N3O7S/c1-10(2)8-13(20-15(24)11(18-9-21)6-7-28-3)16(25)19-12(17(26)27)4-5-14(22)23/h9-13H,4-8H2,1-3H3,(H,18,21)(H,19,25)(H,20,24)(H,22,23)(H,26,27)/t11-,12-,13-/m0/s1. The Kier molecular flexibility index (Phi) is 12.7. The molecular formula is C17H29N3O7S. The van der Waals surface area contributed by atoms with Gasteiger partial charge in [0.05, 0.1) is 0 Å². The van der Waals surface area contributed by atoms with Gasteiger partial charge in [0.25, 0.3) is 0 Å². The lowest BCUT2D eigenvalue weighted by Gasteiger charge is -2.24. The summed E-state index contributed by atoms with van der Waals surface area (Å²) in [5, 5.41) is 25.2. The van der Waals surface area contributed by atoms with Crippen LogP contribution in [0.4, 0.5) is 0 Å². The zero-order valence-corrected chi connectivity index (χ0v) is 17.1. The van der Waals surface area contributed by atoms with Crippen molar-refractivity contribution in [3.05, 3.63) is 0 Å². The van der Waals surface area contributed by atoms with Gasteiger partial charge >= 0.3 is 11.9 Å². The molecule has 3 atom stereocenters. The summed E-state index contributed by atoms with van der Waals surface area (Å²) in [5.41, 5.74) is 0. The van der Waals surface area contributed by atoms with Crippen molar-refractivity contribution in [1.82, 2.24) is 16.0 Å². The number of carbonyl (C=O) groups is 5. The summed E-state index contributed by atoms with van der Waals surface area (Å²) in [4.78, 5) is 57.7. The lowest BCUT2D eigenvalue weighted by Crippen LogP contribution is -2.55. The van der Waals surface area contributed by atoms with Crippen molar-refractivity contribution in [1.29, 1.82) is 0 Å². The molecule has 0 heterocycles. The van der Waals surface area contributed by atoms with Crippen LogP contribution in [0.15, 0.2) is 0 Å². The minimum Gasteiger partial charge on any atom is -0.481 e. The van der Waals surface area contributed by atoms with Crippen molar-refractivity contribution in [2.24, 2.45) is 5.92 Å². The first-order chi connectivity index (χ1) is 13.1. The Morgan fingerprint density at radius 2 is 1.54 bits per heavy atom. The molecule has 0 aromatic heterocycles. The summed E-state index contributed by atoms with van der Waals surface area (Å²) < 4.78 is 0. The van der Waals surface area contributed by atoms with Crippen molar-refractivity contribution in [2.45, 2.75) is 57.7 Å². The summed E-state index contributed by atoms with van der Waals surface area (Å²) in [6.07, 6.45) is 2.19. The Balaban J connectivity index is 5.17. The van der Waals surface area contributed by atoms with Crippen molar-refractivity contribution in [3.63, 3.8) is 0 Å². The molecule has 10 nitrogen and oxygen atoms in total. The molecule has 0 saturated carbocycles. The van der Waals surface area contributed by atoms with Crippen molar-refractivity contribution in [2.75, 3.05) is 12.0 Å². The summed E-state index contributed by atoms with van der Waals surface area (Å²) >= 11 is 1.50. The van der Waals surface area contributed by atoms with E-state index in [9.17, 15) is 29.1 Å². The fraction of sp³-hybridized carbons (Fsp3) is 0.706. The van der Waals surface area contributed by atoms with Gasteiger partial charge in [0.15, 0.2) is 0 Å². The zero-order valence-electron chi connectivity index (χ0n) is 16.3. The molecule has 0 spiro atoms. The molecule has 0 aliphatic heterocycles. The van der Waals surface area contributed by atoms with Gasteiger partial charge in [-0.25, -0.2) is 4.79 Å². The van der Waals surface area contributed by atoms with Crippen LogP contribution in [0.5, 0.6) is 0 Å². The number of carboxylic acid groups (broad SMARTS) is 2. The molecule has 0 aromatic rings. The van der Waals surface area contributed by atoms with Gasteiger partial charge in [-0.15, -0.1) is 0 Å². The number of amides is 3. The van der Waals surface area contributed by atoms with Crippen LogP contribution in [0.1, 0.15) is 39.5 Å². The Morgan fingerprint density at radius 1 is 0.964 bits per heavy atom. The number of carbonyl (C=O) groups excluding carboxylic acids is 3. The Hall–Kier alpha value is -2.30. The minimum atomic E-state index is -1.38. The molecule has 0 bridgehead atoms. The van der Waals surface area contributed by atoms with Crippen LogP contribution in [0, 0.1) is 5.92 Å². The van der Waals surface area contributed by atoms with Crippen molar-refractivity contribution >= 4 is 41.9 Å². The van der Waals surface area contributed by atoms with Crippen molar-refractivity contribution in [3.8, 4) is 0 Å². The molecule has 28 heavy (non-hydrogen) atoms. The van der Waals surface area contributed by atoms with E-state index in [0.717, 1.165) is 0 Å². The van der Waals surface area contributed by atoms with E-state index in [0.29, 0.717) is 18.6 Å². The second-order valence-electron chi connectivity index (χ2n) is 6.64. The van der Waals surface area contributed by atoms with Gasteiger partial charge in [-0.3, -0.25) is 19.2 Å². The van der Waals surface area contributed by atoms with Crippen LogP contribution in [0.3, 0.4) is 0 Å². The van der Waals surface area contributed by atoms with Crippen LogP contribution in [0.2, 0.25) is 0 Å². The molecule has 0 rings (SSSR count). The van der Waals surface area contributed by atoms with Crippen LogP contribution < -0.4 is 16.0 Å². The van der Waals surface area contributed by atoms with E-state index in [-0.39, 0.29) is 18.8 Å². The highest BCUT2D eigenvalue weighted by atomic mass is 32.2. The molecule has 0 aliphatic rings. The number of carboxylic acids is 2. The number of hydrogen-bond acceptors (Lipinski definition) is 6. The topological polar surface area (TPSA) is 162 Å². The fourth-order valence-electron chi connectivity index (χ4n) is 2.38. The number of hydrogen-bond donors (Lipinski definition) is 5. The highest BCUT2D eigenvalue weighted by molar-refractivity contribution is 7.98. The summed E-state index contributed by atoms with van der Waals surface area (Å²) in [6.45, 7) is 3.67. The average molecular weight is 420 g/mol. The Labute approximate surface area is 168 Å². The lowest BCUT2D eigenvalue weighted by molar-refractivity contribution is -0.143. The summed E-state index contributed by atoms with van der Waals surface area (Å²) in [5.74, 6) is -3.15. The molecule has 0 unspecified atom stereocenters. The third kappa shape index (κ3) is 10.8. The van der Waals surface area contributed by atoms with Crippen LogP contribution in [0.25, 0.3) is 0 Å². The molecule has 160 valence electrons. The molecule has 3 amide bonds. The van der Waals surface area contributed by atoms with E-state index in [1.165, 1.54) is 11.8 Å². The van der Waals surface area contributed by atoms with E-state index >= 15 is 0 Å². The van der Waals surface area contributed by atoms with E-state index < -0.39 is 48.3 Å². The van der Waals surface area contributed by atoms with E-state index in [1.807, 2.05) is 20.1 Å². The van der Waals surface area contributed by atoms with Gasteiger partial charge in [-0.2, -0.15) is 11.8 Å². The van der Waals surface area contributed by atoms with Gasteiger partial charge < -0.3 is 26.2 Å². The predicted octanol–water partition coefficient (Wildman–Crippen LogP) is -0.181. The summed E-state index contributed by atoms with van der Waals surface area (Å²) in [6, 6.07) is -3.20. The maximum atomic E-state index is 12.5. The maximum absolute atomic E-state index is 12.5. The molecule has 0 aromatic carbocycles. The van der Waals surface area contributed by atoms with E-state index in [4.69, 9.17) is 5.11 Å². The van der Waals surface area contributed by atoms with Gasteiger partial charge in [-0.1, -0.05) is 13.8 Å². The molecular weight excluding hydrogens is 390 g/mol. The Morgan fingerprint density at radius 3 is 2.00 bits per heavy atom. The van der Waals surface area contributed by atoms with Crippen molar-refractivity contribution < 1.29 is 34.2 Å². The monoisotopic (exact) mass is 419 g/mol. The predicted molar refractivity (Wildman–Crippen MR) is 104 cm³/mol. The first-order valence-electron chi connectivity index (χ1n) is 8.86. The highest BCUT2D eigenvalue weighted by Gasteiger charge is 2.29. The smallest absolute Gasteiger partial charge is 0.326 e. The molecule has 11 heteroatoms. The normalized spacial score (nSPS) is 13.9. The third-order valence-electron chi connectivity index (χ3n) is 3.80. The summed E-state index contributed by atoms with van der Waals surface area (Å²) in [7, 11) is 0. The first-order valence-corrected chi connectivity index (χ1v) is 10.3. The third-order valence-corrected chi connectivity index (χ3v) is 4.44. The Bertz CT molecular complexity index is 557. The van der Waals surface area contributed by atoms with E-state index in [2.05, 4.69) is 16.0 Å². The van der Waals surface area contributed by atoms with Crippen LogP contribution in [-0.2, 0) is 24.0 Å². The molecule has 0 fully saturated rings. The fourth-order valence-corrected chi connectivity index (χ4v) is 2.85. The van der Waals surface area contributed by atoms with Gasteiger partial charge in [0.1, 0.15) is 18.1 Å². The highest BCUT2D eigenvalue weighted by Crippen LogP contribution is 2.08. The molecule has 0 aliphatic carbocycles.